The van der Waals surface area contributed by atoms with Crippen LogP contribution < -0.4 is 4.74 Å². The van der Waals surface area contributed by atoms with E-state index in [9.17, 15) is 9.18 Å². The third-order valence-corrected chi connectivity index (χ3v) is 5.18. The summed E-state index contributed by atoms with van der Waals surface area (Å²) in [6.07, 6.45) is 7.42. The van der Waals surface area contributed by atoms with Gasteiger partial charge < -0.3 is 4.74 Å². The highest BCUT2D eigenvalue weighted by Crippen LogP contribution is 2.50. The van der Waals surface area contributed by atoms with Gasteiger partial charge in [-0.2, -0.15) is 0 Å². The molecule has 2 fully saturated rings. The standard InChI is InChI=1S/C17H19FO2/c18-13-5-6-14-15(19)10-17(20-16(14)8-13)7-1-2-12(9-17)11-3-4-11/h5-6,8,11-12H,1-4,7,9-10H2. The molecule has 20 heavy (non-hydrogen) atoms. The number of ketones is 1. The fourth-order valence-corrected chi connectivity index (χ4v) is 4.06. The lowest BCUT2D eigenvalue weighted by Crippen LogP contribution is -2.46. The van der Waals surface area contributed by atoms with Crippen LogP contribution in [0.5, 0.6) is 5.75 Å². The molecule has 2 aliphatic carbocycles. The van der Waals surface area contributed by atoms with E-state index in [0.717, 1.165) is 25.2 Å². The van der Waals surface area contributed by atoms with E-state index in [1.165, 1.54) is 31.4 Å². The number of hydrogen-bond acceptors (Lipinski definition) is 2. The van der Waals surface area contributed by atoms with Gasteiger partial charge in [0.1, 0.15) is 17.2 Å². The monoisotopic (exact) mass is 274 g/mol. The third kappa shape index (κ3) is 2.04. The summed E-state index contributed by atoms with van der Waals surface area (Å²) in [6, 6.07) is 4.27. The Hall–Kier alpha value is -1.38. The van der Waals surface area contributed by atoms with Gasteiger partial charge in [0.05, 0.1) is 12.0 Å². The molecule has 2 saturated carbocycles. The minimum Gasteiger partial charge on any atom is -0.486 e. The van der Waals surface area contributed by atoms with Crippen LogP contribution in [-0.2, 0) is 0 Å². The lowest BCUT2D eigenvalue weighted by molar-refractivity contribution is -0.00760. The minimum absolute atomic E-state index is 0.114. The van der Waals surface area contributed by atoms with Crippen LogP contribution in [0.4, 0.5) is 4.39 Å². The van der Waals surface area contributed by atoms with Crippen LogP contribution in [-0.4, -0.2) is 11.4 Å². The Bertz CT molecular complexity index is 564. The molecule has 0 saturated heterocycles. The number of Topliss-reactive ketones (excluding diaryl/α,β-unsaturated/α-hetero) is 1. The molecule has 0 amide bonds. The van der Waals surface area contributed by atoms with Crippen molar-refractivity contribution in [2.75, 3.05) is 0 Å². The topological polar surface area (TPSA) is 26.3 Å². The van der Waals surface area contributed by atoms with Crippen molar-refractivity contribution in [1.29, 1.82) is 0 Å². The molecule has 2 atom stereocenters. The normalized spacial score (nSPS) is 32.9. The average molecular weight is 274 g/mol. The second-order valence-electron chi connectivity index (χ2n) is 6.72. The molecule has 106 valence electrons. The smallest absolute Gasteiger partial charge is 0.170 e. The van der Waals surface area contributed by atoms with Gasteiger partial charge in [-0.3, -0.25) is 4.79 Å². The summed E-state index contributed by atoms with van der Waals surface area (Å²) < 4.78 is 19.6. The van der Waals surface area contributed by atoms with E-state index >= 15 is 0 Å². The average Bonchev–Trinajstić information content (AvgIpc) is 3.22. The van der Waals surface area contributed by atoms with Crippen molar-refractivity contribution in [3.05, 3.63) is 29.6 Å². The van der Waals surface area contributed by atoms with E-state index < -0.39 is 0 Å². The maximum Gasteiger partial charge on any atom is 0.170 e. The zero-order chi connectivity index (χ0) is 13.7. The van der Waals surface area contributed by atoms with E-state index in [-0.39, 0.29) is 17.2 Å². The highest BCUT2D eigenvalue weighted by molar-refractivity contribution is 6.00. The molecule has 1 aliphatic heterocycles. The first-order valence-electron chi connectivity index (χ1n) is 7.67. The molecular weight excluding hydrogens is 255 g/mol. The largest absolute Gasteiger partial charge is 0.486 e. The molecule has 1 aromatic carbocycles. The van der Waals surface area contributed by atoms with Crippen LogP contribution >= 0.6 is 0 Å². The van der Waals surface area contributed by atoms with Crippen molar-refractivity contribution in [2.24, 2.45) is 11.8 Å². The van der Waals surface area contributed by atoms with Gasteiger partial charge in [0, 0.05) is 6.07 Å². The SMILES string of the molecule is O=C1CC2(CCCC(C3CC3)C2)Oc2cc(F)ccc21. The van der Waals surface area contributed by atoms with E-state index in [2.05, 4.69) is 0 Å². The summed E-state index contributed by atoms with van der Waals surface area (Å²) in [4.78, 5) is 12.4. The molecule has 0 aromatic heterocycles. The van der Waals surface area contributed by atoms with Gasteiger partial charge in [-0.15, -0.1) is 0 Å². The van der Waals surface area contributed by atoms with E-state index in [4.69, 9.17) is 4.74 Å². The number of benzene rings is 1. The number of ether oxygens (including phenoxy) is 1. The number of carbonyl (C=O) groups is 1. The summed E-state index contributed by atoms with van der Waals surface area (Å²) in [7, 11) is 0. The van der Waals surface area contributed by atoms with Crippen molar-refractivity contribution in [3.8, 4) is 5.75 Å². The predicted octanol–water partition coefficient (Wildman–Crippen LogP) is 4.13. The second kappa shape index (κ2) is 4.31. The molecule has 0 N–H and O–H groups in total. The Morgan fingerprint density at radius 2 is 2.05 bits per heavy atom. The van der Waals surface area contributed by atoms with E-state index in [0.29, 0.717) is 23.7 Å². The van der Waals surface area contributed by atoms with Crippen LogP contribution in [0.15, 0.2) is 18.2 Å². The fraction of sp³-hybridized carbons (Fsp3) is 0.588. The van der Waals surface area contributed by atoms with Crippen LogP contribution in [0.3, 0.4) is 0 Å². The Morgan fingerprint density at radius 3 is 2.85 bits per heavy atom. The van der Waals surface area contributed by atoms with Crippen molar-refractivity contribution in [2.45, 2.75) is 50.5 Å². The van der Waals surface area contributed by atoms with Crippen molar-refractivity contribution in [1.82, 2.24) is 0 Å². The fourth-order valence-electron chi connectivity index (χ4n) is 4.06. The van der Waals surface area contributed by atoms with Gasteiger partial charge in [0.2, 0.25) is 0 Å². The Morgan fingerprint density at radius 1 is 1.20 bits per heavy atom. The molecule has 4 rings (SSSR count). The Kier molecular flexibility index (Phi) is 2.66. The first kappa shape index (κ1) is 12.4. The Labute approximate surface area is 118 Å². The van der Waals surface area contributed by atoms with Gasteiger partial charge in [-0.1, -0.05) is 0 Å². The van der Waals surface area contributed by atoms with Crippen LogP contribution in [0.1, 0.15) is 55.3 Å². The molecule has 3 heteroatoms. The summed E-state index contributed by atoms with van der Waals surface area (Å²) in [5, 5.41) is 0. The second-order valence-corrected chi connectivity index (χ2v) is 6.72. The number of hydrogen-bond donors (Lipinski definition) is 0. The molecule has 2 nitrogen and oxygen atoms in total. The third-order valence-electron chi connectivity index (χ3n) is 5.18. The molecule has 1 spiro atoms. The maximum absolute atomic E-state index is 13.4. The minimum atomic E-state index is -0.358. The quantitative estimate of drug-likeness (QED) is 0.769. The number of halogens is 1. The van der Waals surface area contributed by atoms with Gasteiger partial charge in [0.15, 0.2) is 5.78 Å². The first-order chi connectivity index (χ1) is 9.65. The Balaban J connectivity index is 1.65. The summed E-state index contributed by atoms with van der Waals surface area (Å²) in [5.74, 6) is 1.79. The number of carbonyl (C=O) groups excluding carboxylic acids is 1. The number of fused-ring (bicyclic) bond motifs is 1. The molecule has 3 aliphatic rings. The molecule has 1 aromatic rings. The maximum atomic E-state index is 13.4. The van der Waals surface area contributed by atoms with Gasteiger partial charge in [0.25, 0.3) is 0 Å². The summed E-state index contributed by atoms with van der Waals surface area (Å²) >= 11 is 0. The summed E-state index contributed by atoms with van der Waals surface area (Å²) in [6.45, 7) is 0. The van der Waals surface area contributed by atoms with Crippen molar-refractivity contribution < 1.29 is 13.9 Å². The highest BCUT2D eigenvalue weighted by atomic mass is 19.1. The molecular formula is C17H19FO2. The van der Waals surface area contributed by atoms with Gasteiger partial charge in [-0.05, 0) is 62.5 Å². The van der Waals surface area contributed by atoms with Crippen molar-refractivity contribution >= 4 is 5.78 Å². The first-order valence-corrected chi connectivity index (χ1v) is 7.67. The van der Waals surface area contributed by atoms with E-state index in [1.54, 1.807) is 6.07 Å². The molecule has 2 unspecified atom stereocenters. The van der Waals surface area contributed by atoms with Crippen molar-refractivity contribution in [3.63, 3.8) is 0 Å². The number of rotatable bonds is 1. The van der Waals surface area contributed by atoms with Crippen LogP contribution in [0.25, 0.3) is 0 Å². The van der Waals surface area contributed by atoms with Gasteiger partial charge >= 0.3 is 0 Å². The molecule has 1 heterocycles. The predicted molar refractivity (Wildman–Crippen MR) is 73.4 cm³/mol. The summed E-state index contributed by atoms with van der Waals surface area (Å²) in [5.41, 5.74) is 0.189. The zero-order valence-electron chi connectivity index (χ0n) is 11.5. The van der Waals surface area contributed by atoms with E-state index in [1.807, 2.05) is 0 Å². The highest BCUT2D eigenvalue weighted by Gasteiger charge is 2.47. The van der Waals surface area contributed by atoms with Crippen LogP contribution in [0, 0.1) is 17.7 Å². The van der Waals surface area contributed by atoms with Crippen LogP contribution in [0.2, 0.25) is 0 Å². The molecule has 0 radical (unpaired) electrons. The van der Waals surface area contributed by atoms with Gasteiger partial charge in [-0.25, -0.2) is 4.39 Å². The zero-order valence-corrected chi connectivity index (χ0v) is 11.5. The lowest BCUT2D eigenvalue weighted by atomic mass is 9.72. The lowest BCUT2D eigenvalue weighted by Gasteiger charge is -2.43. The molecule has 0 bridgehead atoms.